The van der Waals surface area contributed by atoms with Crippen molar-refractivity contribution in [2.24, 2.45) is 0 Å². The van der Waals surface area contributed by atoms with Crippen molar-refractivity contribution in [2.75, 3.05) is 20.6 Å². The summed E-state index contributed by atoms with van der Waals surface area (Å²) in [6, 6.07) is 11.6. The Hall–Kier alpha value is -3.78. The van der Waals surface area contributed by atoms with E-state index in [0.717, 1.165) is 0 Å². The van der Waals surface area contributed by atoms with Crippen molar-refractivity contribution in [3.05, 3.63) is 89.5 Å². The number of phenols is 1. The Kier molecular flexibility index (Phi) is 5.39. The molecule has 160 valence electrons. The monoisotopic (exact) mass is 422 g/mol. The quantitative estimate of drug-likeness (QED) is 0.562. The van der Waals surface area contributed by atoms with Gasteiger partial charge in [0.2, 0.25) is 5.78 Å². The fourth-order valence-corrected chi connectivity index (χ4v) is 3.83. The van der Waals surface area contributed by atoms with Gasteiger partial charge in [0.05, 0.1) is 30.2 Å². The average Bonchev–Trinajstić information content (AvgIpc) is 3.49. The van der Waals surface area contributed by atoms with E-state index in [4.69, 9.17) is 8.83 Å². The minimum atomic E-state index is -0.908. The Morgan fingerprint density at radius 3 is 2.45 bits per heavy atom. The van der Waals surface area contributed by atoms with Gasteiger partial charge in [0, 0.05) is 6.54 Å². The van der Waals surface area contributed by atoms with Crippen molar-refractivity contribution >= 4 is 11.7 Å². The number of carbonyl (C=O) groups is 2. The molecule has 31 heavy (non-hydrogen) atoms. The molecule has 0 radical (unpaired) electrons. The molecule has 8 nitrogen and oxygen atoms in total. The lowest BCUT2D eigenvalue weighted by Gasteiger charge is -2.32. The highest BCUT2D eigenvalue weighted by atomic mass is 16.3. The summed E-state index contributed by atoms with van der Waals surface area (Å²) in [6.45, 7) is 0.138. The van der Waals surface area contributed by atoms with Gasteiger partial charge in [-0.25, -0.2) is 0 Å². The van der Waals surface area contributed by atoms with Gasteiger partial charge in [-0.05, 0) is 56.1 Å². The topological polar surface area (TPSA) is 107 Å². The van der Waals surface area contributed by atoms with Gasteiger partial charge in [0.25, 0.3) is 5.91 Å². The first-order valence-corrected chi connectivity index (χ1v) is 9.69. The number of rotatable bonds is 7. The smallest absolute Gasteiger partial charge is 0.290 e. The molecule has 2 unspecified atom stereocenters. The molecule has 0 bridgehead atoms. The summed E-state index contributed by atoms with van der Waals surface area (Å²) in [6.07, 6.45) is 2.90. The number of carbonyl (C=O) groups excluding carboxylic acids is 2. The van der Waals surface area contributed by atoms with E-state index in [0.29, 0.717) is 11.3 Å². The molecule has 0 spiro atoms. The highest BCUT2D eigenvalue weighted by molar-refractivity contribution is 6.15. The van der Waals surface area contributed by atoms with E-state index in [2.05, 4.69) is 0 Å². The molecule has 2 atom stereocenters. The molecule has 1 aliphatic rings. The number of likely N-dealkylation sites (N-methyl/N-ethyl adjacent to an activating group) is 1. The van der Waals surface area contributed by atoms with Gasteiger partial charge in [-0.1, -0.05) is 12.1 Å². The maximum Gasteiger partial charge on any atom is 0.290 e. The fraction of sp³-hybridized carbons (Fsp3) is 0.217. The number of hydrogen-bond acceptors (Lipinski definition) is 7. The van der Waals surface area contributed by atoms with E-state index in [1.807, 2.05) is 19.0 Å². The van der Waals surface area contributed by atoms with Crippen LogP contribution in [0.3, 0.4) is 0 Å². The van der Waals surface area contributed by atoms with E-state index in [9.17, 15) is 19.8 Å². The number of aromatic hydroxyl groups is 1. The molecular weight excluding hydrogens is 400 g/mol. The predicted molar refractivity (Wildman–Crippen MR) is 110 cm³/mol. The number of nitrogens with zero attached hydrogens (tertiary/aromatic N) is 2. The zero-order valence-electron chi connectivity index (χ0n) is 17.1. The van der Waals surface area contributed by atoms with Crippen LogP contribution in [0.15, 0.2) is 81.2 Å². The molecule has 0 saturated carbocycles. The third kappa shape index (κ3) is 3.73. The highest BCUT2D eigenvalue weighted by Gasteiger charge is 2.45. The minimum absolute atomic E-state index is 0.0107. The Morgan fingerprint density at radius 2 is 1.84 bits per heavy atom. The first-order chi connectivity index (χ1) is 14.9. The van der Waals surface area contributed by atoms with Crippen LogP contribution >= 0.6 is 0 Å². The zero-order valence-corrected chi connectivity index (χ0v) is 17.1. The summed E-state index contributed by atoms with van der Waals surface area (Å²) in [5, 5.41) is 20.7. The van der Waals surface area contributed by atoms with Crippen molar-refractivity contribution < 1.29 is 28.6 Å². The molecule has 0 fully saturated rings. The lowest BCUT2D eigenvalue weighted by molar-refractivity contribution is -0.130. The Morgan fingerprint density at radius 1 is 1.10 bits per heavy atom. The predicted octanol–water partition coefficient (Wildman–Crippen LogP) is 3.46. The third-order valence-electron chi connectivity index (χ3n) is 5.34. The van der Waals surface area contributed by atoms with Crippen LogP contribution in [0.2, 0.25) is 0 Å². The number of aliphatic hydroxyl groups excluding tert-OH is 1. The Labute approximate surface area is 178 Å². The number of Topliss-reactive ketones (excluding diaryl/α,β-unsaturated/α-hetero) is 1. The number of hydrogen-bond donors (Lipinski definition) is 2. The summed E-state index contributed by atoms with van der Waals surface area (Å²) in [7, 11) is 3.69. The van der Waals surface area contributed by atoms with Crippen LogP contribution in [0, 0.1) is 0 Å². The summed E-state index contributed by atoms with van der Waals surface area (Å²) < 4.78 is 10.8. The lowest BCUT2D eigenvalue weighted by atomic mass is 9.94. The number of ketones is 1. The van der Waals surface area contributed by atoms with Crippen LogP contribution in [0.25, 0.3) is 0 Å². The third-order valence-corrected chi connectivity index (χ3v) is 5.34. The summed E-state index contributed by atoms with van der Waals surface area (Å²) in [4.78, 5) is 29.5. The number of phenolic OH excluding ortho intramolecular Hbond substituents is 1. The molecule has 8 heteroatoms. The van der Waals surface area contributed by atoms with Crippen LogP contribution < -0.4 is 0 Å². The molecule has 1 aliphatic heterocycles. The zero-order chi connectivity index (χ0) is 22.1. The summed E-state index contributed by atoms with van der Waals surface area (Å²) in [5.74, 6) is -1.27. The molecule has 3 aromatic rings. The molecule has 3 heterocycles. The van der Waals surface area contributed by atoms with Gasteiger partial charge in [0.15, 0.2) is 11.5 Å². The van der Waals surface area contributed by atoms with E-state index >= 15 is 0 Å². The molecular formula is C23H22N2O6. The van der Waals surface area contributed by atoms with E-state index < -0.39 is 23.5 Å². The van der Waals surface area contributed by atoms with Crippen molar-refractivity contribution in [1.29, 1.82) is 0 Å². The fourth-order valence-electron chi connectivity index (χ4n) is 3.83. The second kappa shape index (κ2) is 8.16. The van der Waals surface area contributed by atoms with Gasteiger partial charge in [0.1, 0.15) is 11.5 Å². The van der Waals surface area contributed by atoms with Crippen molar-refractivity contribution in [1.82, 2.24) is 9.80 Å². The van der Waals surface area contributed by atoms with Crippen LogP contribution in [0.1, 0.15) is 34.0 Å². The van der Waals surface area contributed by atoms with Crippen molar-refractivity contribution in [3.8, 4) is 5.75 Å². The molecule has 1 aromatic carbocycles. The van der Waals surface area contributed by atoms with E-state index in [1.54, 1.807) is 36.6 Å². The molecule has 2 aromatic heterocycles. The first-order valence-electron chi connectivity index (χ1n) is 9.69. The molecule has 4 rings (SSSR count). The lowest BCUT2D eigenvalue weighted by Crippen LogP contribution is -2.38. The van der Waals surface area contributed by atoms with Gasteiger partial charge in [-0.2, -0.15) is 0 Å². The van der Waals surface area contributed by atoms with Crippen LogP contribution in [0.4, 0.5) is 0 Å². The normalized spacial score (nSPS) is 17.6. The number of aliphatic hydroxyl groups is 1. The first kappa shape index (κ1) is 20.5. The highest BCUT2D eigenvalue weighted by Crippen LogP contribution is 2.41. The SMILES string of the molecule is CN(C)C(CN1C(=O)C(O)=C(C(=O)c2ccco2)C1c1cccc(O)c1)c1ccco1. The average molecular weight is 422 g/mol. The Balaban J connectivity index is 1.79. The molecule has 1 amide bonds. The van der Waals surface area contributed by atoms with Gasteiger partial charge in [-0.15, -0.1) is 0 Å². The minimum Gasteiger partial charge on any atom is -0.508 e. The van der Waals surface area contributed by atoms with Gasteiger partial charge in [-0.3, -0.25) is 14.5 Å². The van der Waals surface area contributed by atoms with E-state index in [-0.39, 0.29) is 29.7 Å². The van der Waals surface area contributed by atoms with E-state index in [1.165, 1.54) is 29.4 Å². The second-order valence-electron chi connectivity index (χ2n) is 7.52. The standard InChI is InChI=1S/C23H22N2O6/c1-24(2)16(17-8-4-10-30-17)13-25-20(14-6-3-7-15(26)12-14)19(22(28)23(25)29)21(27)18-9-5-11-31-18/h3-12,16,20,26,28H,13H2,1-2H3. The van der Waals surface area contributed by atoms with Crippen LogP contribution in [0.5, 0.6) is 5.75 Å². The molecule has 0 aliphatic carbocycles. The number of benzene rings is 1. The molecule has 0 saturated heterocycles. The summed E-state index contributed by atoms with van der Waals surface area (Å²) in [5.41, 5.74) is 0.395. The second-order valence-corrected chi connectivity index (χ2v) is 7.52. The van der Waals surface area contributed by atoms with Crippen LogP contribution in [-0.4, -0.2) is 52.3 Å². The maximum atomic E-state index is 13.1. The number of amides is 1. The maximum absolute atomic E-state index is 13.1. The largest absolute Gasteiger partial charge is 0.508 e. The van der Waals surface area contributed by atoms with Crippen molar-refractivity contribution in [2.45, 2.75) is 12.1 Å². The Bertz CT molecular complexity index is 1110. The van der Waals surface area contributed by atoms with Crippen molar-refractivity contribution in [3.63, 3.8) is 0 Å². The van der Waals surface area contributed by atoms with Gasteiger partial charge >= 0.3 is 0 Å². The number of furan rings is 2. The van der Waals surface area contributed by atoms with Gasteiger partial charge < -0.3 is 23.9 Å². The molecule has 2 N–H and O–H groups in total. The van der Waals surface area contributed by atoms with Crippen LogP contribution in [-0.2, 0) is 4.79 Å². The summed E-state index contributed by atoms with van der Waals surface area (Å²) >= 11 is 0.